The molecule has 1 unspecified atom stereocenters. The molecule has 2 N–H and O–H groups in total. The maximum absolute atomic E-state index is 11.8. The van der Waals surface area contributed by atoms with E-state index >= 15 is 0 Å². The number of aliphatic hydroxyl groups excluding tert-OH is 1. The van der Waals surface area contributed by atoms with Crippen molar-refractivity contribution in [3.05, 3.63) is 24.2 Å². The molecule has 0 radical (unpaired) electrons. The van der Waals surface area contributed by atoms with Crippen LogP contribution in [0.15, 0.2) is 23.0 Å². The van der Waals surface area contributed by atoms with Crippen molar-refractivity contribution < 1.29 is 14.3 Å². The molecule has 1 aliphatic heterocycles. The van der Waals surface area contributed by atoms with Crippen molar-refractivity contribution in [3.8, 4) is 0 Å². The van der Waals surface area contributed by atoms with Crippen molar-refractivity contribution in [1.82, 2.24) is 10.2 Å². The molecule has 0 saturated carbocycles. The van der Waals surface area contributed by atoms with E-state index in [1.807, 2.05) is 0 Å². The highest BCUT2D eigenvalue weighted by Crippen LogP contribution is 2.09. The summed E-state index contributed by atoms with van der Waals surface area (Å²) in [7, 11) is 0. The Morgan fingerprint density at radius 3 is 2.84 bits per heavy atom. The van der Waals surface area contributed by atoms with Gasteiger partial charge in [-0.05, 0) is 37.6 Å². The molecule has 106 valence electrons. The first-order valence-electron chi connectivity index (χ1n) is 6.91. The molecular formula is C14H22N2O3. The SMILES string of the molecule is O=C(Cc1ccoc1)NC(CO)CN1CCCCC1. The zero-order valence-electron chi connectivity index (χ0n) is 11.2. The van der Waals surface area contributed by atoms with Crippen molar-refractivity contribution in [1.29, 1.82) is 0 Å². The van der Waals surface area contributed by atoms with Gasteiger partial charge in [-0.25, -0.2) is 0 Å². The second-order valence-corrected chi connectivity index (χ2v) is 5.12. The first kappa shape index (κ1) is 14.1. The first-order chi connectivity index (χ1) is 9.28. The van der Waals surface area contributed by atoms with Gasteiger partial charge in [0, 0.05) is 6.54 Å². The smallest absolute Gasteiger partial charge is 0.224 e. The number of rotatable bonds is 6. The number of furan rings is 1. The maximum atomic E-state index is 11.8. The number of nitrogens with one attached hydrogen (secondary N) is 1. The predicted octanol–water partition coefficient (Wildman–Crippen LogP) is 0.785. The molecule has 1 amide bonds. The third-order valence-electron chi connectivity index (χ3n) is 3.46. The minimum atomic E-state index is -0.183. The highest BCUT2D eigenvalue weighted by Gasteiger charge is 2.17. The van der Waals surface area contributed by atoms with Crippen LogP contribution < -0.4 is 5.32 Å². The Balaban J connectivity index is 1.76. The number of nitrogens with zero attached hydrogens (tertiary/aromatic N) is 1. The maximum Gasteiger partial charge on any atom is 0.224 e. The lowest BCUT2D eigenvalue weighted by molar-refractivity contribution is -0.121. The Morgan fingerprint density at radius 2 is 2.21 bits per heavy atom. The summed E-state index contributed by atoms with van der Waals surface area (Å²) in [5.41, 5.74) is 0.854. The second kappa shape index (κ2) is 7.31. The minimum Gasteiger partial charge on any atom is -0.472 e. The molecule has 0 bridgehead atoms. The number of hydrogen-bond donors (Lipinski definition) is 2. The van der Waals surface area contributed by atoms with Crippen molar-refractivity contribution >= 4 is 5.91 Å². The number of amides is 1. The molecular weight excluding hydrogens is 244 g/mol. The lowest BCUT2D eigenvalue weighted by atomic mass is 10.1. The molecule has 0 spiro atoms. The average Bonchev–Trinajstić information content (AvgIpc) is 2.92. The van der Waals surface area contributed by atoms with Gasteiger partial charge in [0.25, 0.3) is 0 Å². The fraction of sp³-hybridized carbons (Fsp3) is 0.643. The summed E-state index contributed by atoms with van der Waals surface area (Å²) in [5, 5.41) is 12.3. The second-order valence-electron chi connectivity index (χ2n) is 5.12. The van der Waals surface area contributed by atoms with Crippen LogP contribution >= 0.6 is 0 Å². The Hall–Kier alpha value is -1.33. The zero-order valence-corrected chi connectivity index (χ0v) is 11.2. The lowest BCUT2D eigenvalue weighted by Crippen LogP contribution is -2.47. The van der Waals surface area contributed by atoms with Gasteiger partial charge in [0.05, 0.1) is 31.6 Å². The van der Waals surface area contributed by atoms with Crippen LogP contribution in [0.3, 0.4) is 0 Å². The van der Waals surface area contributed by atoms with Gasteiger partial charge in [0.2, 0.25) is 5.91 Å². The van der Waals surface area contributed by atoms with E-state index in [0.717, 1.165) is 25.2 Å². The van der Waals surface area contributed by atoms with Gasteiger partial charge in [0.1, 0.15) is 0 Å². The molecule has 1 aromatic rings. The van der Waals surface area contributed by atoms with Gasteiger partial charge in [-0.2, -0.15) is 0 Å². The van der Waals surface area contributed by atoms with Crippen LogP contribution in [-0.4, -0.2) is 48.2 Å². The third-order valence-corrected chi connectivity index (χ3v) is 3.46. The standard InChI is InChI=1S/C14H22N2O3/c17-10-13(9-16-5-2-1-3-6-16)15-14(18)8-12-4-7-19-11-12/h4,7,11,13,17H,1-3,5-6,8-10H2,(H,15,18). The molecule has 2 heterocycles. The van der Waals surface area contributed by atoms with Gasteiger partial charge in [-0.15, -0.1) is 0 Å². The number of aliphatic hydroxyl groups is 1. The molecule has 1 fully saturated rings. The van der Waals surface area contributed by atoms with Crippen LogP contribution in [0.1, 0.15) is 24.8 Å². The van der Waals surface area contributed by atoms with E-state index in [1.54, 1.807) is 18.6 Å². The van der Waals surface area contributed by atoms with Crippen molar-refractivity contribution in [3.63, 3.8) is 0 Å². The third kappa shape index (κ3) is 4.69. The number of carbonyl (C=O) groups is 1. The van der Waals surface area contributed by atoms with Crippen LogP contribution in [0.25, 0.3) is 0 Å². The molecule has 5 heteroatoms. The molecule has 1 saturated heterocycles. The molecule has 0 aliphatic carbocycles. The topological polar surface area (TPSA) is 65.7 Å². The highest BCUT2D eigenvalue weighted by molar-refractivity contribution is 5.78. The van der Waals surface area contributed by atoms with Gasteiger partial charge >= 0.3 is 0 Å². The van der Waals surface area contributed by atoms with Crippen LogP contribution in [0.4, 0.5) is 0 Å². The Bertz CT molecular complexity index is 372. The molecule has 0 aromatic carbocycles. The Kier molecular flexibility index (Phi) is 5.42. The van der Waals surface area contributed by atoms with E-state index in [9.17, 15) is 9.90 Å². The average molecular weight is 266 g/mol. The minimum absolute atomic E-state index is 0.0202. The van der Waals surface area contributed by atoms with E-state index in [0.29, 0.717) is 6.42 Å². The summed E-state index contributed by atoms with van der Waals surface area (Å²) in [6.07, 6.45) is 7.13. The van der Waals surface area contributed by atoms with Crippen LogP contribution in [-0.2, 0) is 11.2 Å². The molecule has 2 rings (SSSR count). The first-order valence-corrected chi connectivity index (χ1v) is 6.91. The quantitative estimate of drug-likeness (QED) is 0.799. The van der Waals surface area contributed by atoms with Gasteiger partial charge in [-0.3, -0.25) is 4.79 Å². The molecule has 19 heavy (non-hydrogen) atoms. The van der Waals surface area contributed by atoms with Crippen LogP contribution in [0.5, 0.6) is 0 Å². The van der Waals surface area contributed by atoms with E-state index in [4.69, 9.17) is 4.42 Å². The number of carbonyl (C=O) groups excluding carboxylic acids is 1. The number of likely N-dealkylation sites (tertiary alicyclic amines) is 1. The summed E-state index contributed by atoms with van der Waals surface area (Å²) in [6.45, 7) is 2.84. The van der Waals surface area contributed by atoms with E-state index in [-0.39, 0.29) is 18.6 Å². The fourth-order valence-corrected chi connectivity index (χ4v) is 2.46. The normalized spacial score (nSPS) is 18.2. The van der Waals surface area contributed by atoms with Crippen LogP contribution in [0, 0.1) is 0 Å². The highest BCUT2D eigenvalue weighted by atomic mass is 16.3. The summed E-state index contributed by atoms with van der Waals surface area (Å²) in [4.78, 5) is 14.1. The van der Waals surface area contributed by atoms with Crippen LogP contribution in [0.2, 0.25) is 0 Å². The Morgan fingerprint density at radius 1 is 1.42 bits per heavy atom. The monoisotopic (exact) mass is 266 g/mol. The molecule has 1 aromatic heterocycles. The lowest BCUT2D eigenvalue weighted by Gasteiger charge is -2.30. The number of piperidine rings is 1. The fourth-order valence-electron chi connectivity index (χ4n) is 2.46. The van der Waals surface area contributed by atoms with Crippen molar-refractivity contribution in [2.45, 2.75) is 31.7 Å². The van der Waals surface area contributed by atoms with Crippen molar-refractivity contribution in [2.24, 2.45) is 0 Å². The summed E-state index contributed by atoms with van der Waals surface area (Å²) in [6, 6.07) is 1.59. The van der Waals surface area contributed by atoms with E-state index in [1.165, 1.54) is 19.3 Å². The molecule has 5 nitrogen and oxygen atoms in total. The Labute approximate surface area is 113 Å². The van der Waals surface area contributed by atoms with Gasteiger partial charge < -0.3 is 19.7 Å². The van der Waals surface area contributed by atoms with E-state index in [2.05, 4.69) is 10.2 Å². The van der Waals surface area contributed by atoms with Gasteiger partial charge in [0.15, 0.2) is 0 Å². The predicted molar refractivity (Wildman–Crippen MR) is 71.7 cm³/mol. The number of hydrogen-bond acceptors (Lipinski definition) is 4. The molecule has 1 aliphatic rings. The largest absolute Gasteiger partial charge is 0.472 e. The summed E-state index contributed by atoms with van der Waals surface area (Å²) >= 11 is 0. The summed E-state index contributed by atoms with van der Waals surface area (Å²) < 4.78 is 4.93. The van der Waals surface area contributed by atoms with E-state index < -0.39 is 0 Å². The van der Waals surface area contributed by atoms with Crippen molar-refractivity contribution in [2.75, 3.05) is 26.2 Å². The molecule has 1 atom stereocenters. The zero-order chi connectivity index (χ0) is 13.5. The summed E-state index contributed by atoms with van der Waals surface area (Å²) in [5.74, 6) is -0.0718. The van der Waals surface area contributed by atoms with Gasteiger partial charge in [-0.1, -0.05) is 6.42 Å².